The second-order valence-electron chi connectivity index (χ2n) is 6.29. The summed E-state index contributed by atoms with van der Waals surface area (Å²) in [4.78, 5) is 3.84. The van der Waals surface area contributed by atoms with Gasteiger partial charge in [0, 0.05) is 30.2 Å². The molecule has 1 atom stereocenters. The summed E-state index contributed by atoms with van der Waals surface area (Å²) < 4.78 is 0. The minimum absolute atomic E-state index is 0.108. The third kappa shape index (κ3) is 4.34. The summed E-state index contributed by atoms with van der Waals surface area (Å²) in [6.07, 6.45) is 2.75. The first-order chi connectivity index (χ1) is 11.3. The van der Waals surface area contributed by atoms with Crippen LogP contribution in [0.25, 0.3) is 0 Å². The van der Waals surface area contributed by atoms with Crippen molar-refractivity contribution in [1.82, 2.24) is 4.90 Å². The normalized spacial score (nSPS) is 18.0. The van der Waals surface area contributed by atoms with Crippen LogP contribution in [0.15, 0.2) is 41.8 Å². The molecule has 2 heterocycles. The van der Waals surface area contributed by atoms with Crippen molar-refractivity contribution >= 4 is 17.0 Å². The van der Waals surface area contributed by atoms with Gasteiger partial charge in [0.1, 0.15) is 0 Å². The van der Waals surface area contributed by atoms with Gasteiger partial charge < -0.3 is 10.4 Å². The summed E-state index contributed by atoms with van der Waals surface area (Å²) in [6, 6.07) is 13.3. The second-order valence-corrected chi connectivity index (χ2v) is 7.26. The molecule has 1 saturated heterocycles. The predicted octanol–water partition coefficient (Wildman–Crippen LogP) is 4.27. The molecular formula is C19H26N2OS. The van der Waals surface area contributed by atoms with Crippen LogP contribution in [0, 0.1) is 0 Å². The Hall–Kier alpha value is -1.36. The molecule has 0 spiro atoms. The van der Waals surface area contributed by atoms with E-state index >= 15 is 0 Å². The number of rotatable bonds is 6. The van der Waals surface area contributed by atoms with Crippen LogP contribution in [-0.4, -0.2) is 29.2 Å². The fraction of sp³-hybridized carbons (Fsp3) is 0.474. The molecule has 1 unspecified atom stereocenters. The number of hydrogen-bond donors (Lipinski definition) is 2. The Morgan fingerprint density at radius 2 is 2.00 bits per heavy atom. The molecule has 4 heteroatoms. The summed E-state index contributed by atoms with van der Waals surface area (Å²) in [7, 11) is 0. The SMILES string of the molecule is CCC(Nc1ccccc1CN1CCC(O)CC1)c1cccs1. The first-order valence-corrected chi connectivity index (χ1v) is 9.42. The van der Waals surface area contributed by atoms with Gasteiger partial charge in [0.05, 0.1) is 12.1 Å². The molecule has 1 fully saturated rings. The van der Waals surface area contributed by atoms with E-state index in [1.54, 1.807) is 0 Å². The minimum atomic E-state index is -0.108. The van der Waals surface area contributed by atoms with Crippen LogP contribution < -0.4 is 5.32 Å². The molecule has 0 radical (unpaired) electrons. The lowest BCUT2D eigenvalue weighted by Gasteiger charge is -2.30. The van der Waals surface area contributed by atoms with Crippen molar-refractivity contribution in [2.24, 2.45) is 0 Å². The van der Waals surface area contributed by atoms with Crippen molar-refractivity contribution in [3.8, 4) is 0 Å². The summed E-state index contributed by atoms with van der Waals surface area (Å²) in [5.41, 5.74) is 2.58. The van der Waals surface area contributed by atoms with Gasteiger partial charge in [0.15, 0.2) is 0 Å². The standard InChI is InChI=1S/C19H26N2OS/c1-2-17(19-8-5-13-23-19)20-18-7-4-3-6-15(18)14-21-11-9-16(22)10-12-21/h3-8,13,16-17,20,22H,2,9-12,14H2,1H3. The molecule has 2 aromatic rings. The molecule has 3 rings (SSSR count). The Labute approximate surface area is 143 Å². The van der Waals surface area contributed by atoms with Crippen LogP contribution in [-0.2, 0) is 6.54 Å². The molecule has 0 saturated carbocycles. The Morgan fingerprint density at radius 1 is 1.22 bits per heavy atom. The maximum Gasteiger partial charge on any atom is 0.0604 e. The molecular weight excluding hydrogens is 304 g/mol. The van der Waals surface area contributed by atoms with Crippen LogP contribution in [0.5, 0.6) is 0 Å². The molecule has 2 N–H and O–H groups in total. The number of likely N-dealkylation sites (tertiary alicyclic amines) is 1. The molecule has 3 nitrogen and oxygen atoms in total. The van der Waals surface area contributed by atoms with Gasteiger partial charge in [-0.2, -0.15) is 0 Å². The minimum Gasteiger partial charge on any atom is -0.393 e. The Kier molecular flexibility index (Phi) is 5.70. The summed E-state index contributed by atoms with van der Waals surface area (Å²) in [5, 5.41) is 15.5. The van der Waals surface area contributed by atoms with Gasteiger partial charge in [0.25, 0.3) is 0 Å². The zero-order valence-electron chi connectivity index (χ0n) is 13.7. The number of piperidine rings is 1. The van der Waals surface area contributed by atoms with E-state index in [2.05, 4.69) is 58.9 Å². The van der Waals surface area contributed by atoms with E-state index < -0.39 is 0 Å². The average Bonchev–Trinajstić information content (AvgIpc) is 3.10. The first-order valence-electron chi connectivity index (χ1n) is 8.54. The van der Waals surface area contributed by atoms with Gasteiger partial charge in [-0.25, -0.2) is 0 Å². The quantitative estimate of drug-likeness (QED) is 0.830. The highest BCUT2D eigenvalue weighted by atomic mass is 32.1. The van der Waals surface area contributed by atoms with Crippen molar-refractivity contribution in [1.29, 1.82) is 0 Å². The van der Waals surface area contributed by atoms with Crippen molar-refractivity contribution < 1.29 is 5.11 Å². The zero-order chi connectivity index (χ0) is 16.1. The van der Waals surface area contributed by atoms with Gasteiger partial charge in [-0.15, -0.1) is 11.3 Å². The number of aliphatic hydroxyl groups is 1. The number of benzene rings is 1. The lowest BCUT2D eigenvalue weighted by atomic mass is 10.1. The monoisotopic (exact) mass is 330 g/mol. The van der Waals surface area contributed by atoms with Crippen LogP contribution in [0.2, 0.25) is 0 Å². The van der Waals surface area contributed by atoms with Crippen LogP contribution in [0.1, 0.15) is 42.7 Å². The molecule has 1 aliphatic rings. The number of thiophene rings is 1. The number of nitrogens with one attached hydrogen (secondary N) is 1. The lowest BCUT2D eigenvalue weighted by Crippen LogP contribution is -2.35. The zero-order valence-corrected chi connectivity index (χ0v) is 14.6. The number of anilines is 1. The van der Waals surface area contributed by atoms with Gasteiger partial charge >= 0.3 is 0 Å². The molecule has 0 bridgehead atoms. The molecule has 1 aromatic heterocycles. The van der Waals surface area contributed by atoms with E-state index in [0.29, 0.717) is 6.04 Å². The number of aliphatic hydroxyl groups excluding tert-OH is 1. The maximum atomic E-state index is 9.67. The van der Waals surface area contributed by atoms with Crippen LogP contribution in [0.4, 0.5) is 5.69 Å². The third-order valence-electron chi connectivity index (χ3n) is 4.59. The Balaban J connectivity index is 1.70. The Bertz CT molecular complexity index is 591. The third-order valence-corrected chi connectivity index (χ3v) is 5.58. The van der Waals surface area contributed by atoms with E-state index in [1.165, 1.54) is 16.1 Å². The van der Waals surface area contributed by atoms with Crippen molar-refractivity contribution in [3.05, 3.63) is 52.2 Å². The molecule has 124 valence electrons. The van der Waals surface area contributed by atoms with Crippen molar-refractivity contribution in [2.45, 2.75) is 44.9 Å². The van der Waals surface area contributed by atoms with Gasteiger partial charge in [0.2, 0.25) is 0 Å². The largest absolute Gasteiger partial charge is 0.393 e. The van der Waals surface area contributed by atoms with Crippen molar-refractivity contribution in [3.63, 3.8) is 0 Å². The highest BCUT2D eigenvalue weighted by Gasteiger charge is 2.18. The average molecular weight is 330 g/mol. The summed E-state index contributed by atoms with van der Waals surface area (Å²) in [6.45, 7) is 5.15. The number of nitrogens with zero attached hydrogens (tertiary/aromatic N) is 1. The molecule has 1 aliphatic heterocycles. The molecule has 1 aromatic carbocycles. The predicted molar refractivity (Wildman–Crippen MR) is 97.9 cm³/mol. The van der Waals surface area contributed by atoms with E-state index in [0.717, 1.165) is 38.9 Å². The summed E-state index contributed by atoms with van der Waals surface area (Å²) >= 11 is 1.82. The molecule has 0 aliphatic carbocycles. The second kappa shape index (κ2) is 7.95. The van der Waals surface area contributed by atoms with Gasteiger partial charge in [-0.1, -0.05) is 31.2 Å². The molecule has 0 amide bonds. The van der Waals surface area contributed by atoms with Crippen LogP contribution >= 0.6 is 11.3 Å². The number of para-hydroxylation sites is 1. The van der Waals surface area contributed by atoms with E-state index in [9.17, 15) is 5.11 Å². The first kappa shape index (κ1) is 16.5. The topological polar surface area (TPSA) is 35.5 Å². The van der Waals surface area contributed by atoms with Gasteiger partial charge in [-0.05, 0) is 42.3 Å². The lowest BCUT2D eigenvalue weighted by molar-refractivity contribution is 0.0793. The highest BCUT2D eigenvalue weighted by Crippen LogP contribution is 2.28. The maximum absolute atomic E-state index is 9.67. The smallest absolute Gasteiger partial charge is 0.0604 e. The van der Waals surface area contributed by atoms with Gasteiger partial charge in [-0.3, -0.25) is 4.90 Å². The van der Waals surface area contributed by atoms with E-state index in [4.69, 9.17) is 0 Å². The molecule has 23 heavy (non-hydrogen) atoms. The van der Waals surface area contributed by atoms with Crippen molar-refractivity contribution in [2.75, 3.05) is 18.4 Å². The van der Waals surface area contributed by atoms with E-state index in [-0.39, 0.29) is 6.10 Å². The number of hydrogen-bond acceptors (Lipinski definition) is 4. The Morgan fingerprint density at radius 3 is 2.70 bits per heavy atom. The fourth-order valence-electron chi connectivity index (χ4n) is 3.17. The fourth-order valence-corrected chi connectivity index (χ4v) is 4.03. The van der Waals surface area contributed by atoms with E-state index in [1.807, 2.05) is 11.3 Å². The summed E-state index contributed by atoms with van der Waals surface area (Å²) in [5.74, 6) is 0. The van der Waals surface area contributed by atoms with Crippen LogP contribution in [0.3, 0.4) is 0 Å². The highest BCUT2D eigenvalue weighted by molar-refractivity contribution is 7.10.